The number of hydrogen-bond donors (Lipinski definition) is 1. The Bertz CT molecular complexity index is 904. The third-order valence-corrected chi connectivity index (χ3v) is 6.70. The number of thioether (sulfide) groups is 1. The van der Waals surface area contributed by atoms with Crippen molar-refractivity contribution in [2.75, 3.05) is 0 Å². The minimum absolute atomic E-state index is 0.0879. The number of carbonyl (C=O) groups excluding carboxylic acids is 1. The van der Waals surface area contributed by atoms with Gasteiger partial charge in [0.25, 0.3) is 0 Å². The van der Waals surface area contributed by atoms with E-state index in [1.54, 1.807) is 11.3 Å². The molecule has 0 aliphatic heterocycles. The Labute approximate surface area is 173 Å². The average molecular weight is 413 g/mol. The van der Waals surface area contributed by atoms with Crippen LogP contribution in [0.25, 0.3) is 0 Å². The van der Waals surface area contributed by atoms with Crippen molar-refractivity contribution < 1.29 is 4.79 Å². The lowest BCUT2D eigenvalue weighted by Crippen LogP contribution is -2.32. The Balaban J connectivity index is 1.50. The number of nitrogens with one attached hydrogen (secondary N) is 1. The van der Waals surface area contributed by atoms with Crippen LogP contribution in [0.15, 0.2) is 53.0 Å². The van der Waals surface area contributed by atoms with Crippen molar-refractivity contribution in [3.63, 3.8) is 0 Å². The molecule has 1 fully saturated rings. The zero-order chi connectivity index (χ0) is 19.3. The predicted molar refractivity (Wildman–Crippen MR) is 114 cm³/mol. The van der Waals surface area contributed by atoms with Crippen LogP contribution in [0.5, 0.6) is 0 Å². The number of thiophene rings is 1. The van der Waals surface area contributed by atoms with Crippen molar-refractivity contribution in [2.24, 2.45) is 0 Å². The van der Waals surface area contributed by atoms with Crippen LogP contribution < -0.4 is 5.32 Å². The first-order valence-electron chi connectivity index (χ1n) is 9.64. The van der Waals surface area contributed by atoms with Gasteiger partial charge in [0.15, 0.2) is 5.16 Å². The van der Waals surface area contributed by atoms with Gasteiger partial charge in [-0.3, -0.25) is 4.79 Å². The molecule has 2 aromatic heterocycles. The Kier molecular flexibility index (Phi) is 6.12. The van der Waals surface area contributed by atoms with E-state index in [0.717, 1.165) is 43.2 Å². The molecular formula is C21H24N4OS2. The fourth-order valence-electron chi connectivity index (χ4n) is 2.97. The van der Waals surface area contributed by atoms with Crippen molar-refractivity contribution in [1.29, 1.82) is 0 Å². The lowest BCUT2D eigenvalue weighted by Gasteiger charge is -2.13. The highest BCUT2D eigenvalue weighted by Crippen LogP contribution is 2.26. The number of aromatic nitrogens is 3. The van der Waals surface area contributed by atoms with Crippen LogP contribution in [-0.2, 0) is 24.2 Å². The average Bonchev–Trinajstić information content (AvgIpc) is 3.22. The molecule has 5 nitrogen and oxygen atoms in total. The molecule has 1 aliphatic carbocycles. The maximum absolute atomic E-state index is 12.4. The zero-order valence-electron chi connectivity index (χ0n) is 15.9. The van der Waals surface area contributed by atoms with E-state index in [1.807, 2.05) is 13.0 Å². The second-order valence-corrected chi connectivity index (χ2v) is 9.43. The lowest BCUT2D eigenvalue weighted by atomic mass is 10.1. The highest BCUT2D eigenvalue weighted by molar-refractivity contribution is 8.00. The fraction of sp³-hybridized carbons (Fsp3) is 0.381. The summed E-state index contributed by atoms with van der Waals surface area (Å²) in [6.07, 6.45) is 3.87. The lowest BCUT2D eigenvalue weighted by molar-refractivity contribution is -0.120. The summed E-state index contributed by atoms with van der Waals surface area (Å²) in [5, 5.41) is 14.7. The molecular weight excluding hydrogens is 388 g/mol. The Hall–Kier alpha value is -2.12. The van der Waals surface area contributed by atoms with Gasteiger partial charge < -0.3 is 9.88 Å². The standard InChI is InChI=1S/C21H24N4OS2/c1-15(20(26)22-17-9-10-17)28-21-24-23-19(14-18-8-5-13-27-18)25(21)12-11-16-6-3-2-4-7-16/h2-8,13,15,17H,9-12,14H2,1H3,(H,22,26). The highest BCUT2D eigenvalue weighted by atomic mass is 32.2. The van der Waals surface area contributed by atoms with Crippen LogP contribution >= 0.6 is 23.1 Å². The van der Waals surface area contributed by atoms with Gasteiger partial charge in [0.2, 0.25) is 5.91 Å². The summed E-state index contributed by atoms with van der Waals surface area (Å²) >= 11 is 3.23. The van der Waals surface area contributed by atoms with Crippen molar-refractivity contribution in [2.45, 2.75) is 55.6 Å². The Morgan fingerprint density at radius 2 is 2.07 bits per heavy atom. The van der Waals surface area contributed by atoms with Crippen LogP contribution in [0.4, 0.5) is 0 Å². The Morgan fingerprint density at radius 1 is 1.25 bits per heavy atom. The van der Waals surface area contributed by atoms with Gasteiger partial charge in [0.1, 0.15) is 5.82 Å². The van der Waals surface area contributed by atoms with Gasteiger partial charge in [-0.15, -0.1) is 21.5 Å². The van der Waals surface area contributed by atoms with Gasteiger partial charge in [0.05, 0.1) is 5.25 Å². The van der Waals surface area contributed by atoms with Crippen molar-refractivity contribution in [1.82, 2.24) is 20.1 Å². The molecule has 0 bridgehead atoms. The van der Waals surface area contributed by atoms with Gasteiger partial charge >= 0.3 is 0 Å². The van der Waals surface area contributed by atoms with Gasteiger partial charge in [-0.2, -0.15) is 0 Å². The second kappa shape index (κ2) is 8.92. The van der Waals surface area contributed by atoms with Crippen molar-refractivity contribution >= 4 is 29.0 Å². The third kappa shape index (κ3) is 5.02. The van der Waals surface area contributed by atoms with E-state index in [9.17, 15) is 4.79 Å². The summed E-state index contributed by atoms with van der Waals surface area (Å²) in [6.45, 7) is 2.74. The summed E-state index contributed by atoms with van der Waals surface area (Å²) in [5.41, 5.74) is 1.29. The van der Waals surface area contributed by atoms with Gasteiger partial charge in [-0.1, -0.05) is 48.2 Å². The molecule has 3 aromatic rings. The number of amides is 1. The van der Waals surface area contributed by atoms with Crippen LogP contribution in [0, 0.1) is 0 Å². The fourth-order valence-corrected chi connectivity index (χ4v) is 4.58. The number of hydrogen-bond acceptors (Lipinski definition) is 5. The van der Waals surface area contributed by atoms with Crippen molar-refractivity contribution in [3.8, 4) is 0 Å². The van der Waals surface area contributed by atoms with E-state index in [2.05, 4.69) is 61.9 Å². The molecule has 0 spiro atoms. The minimum atomic E-state index is -0.185. The molecule has 1 amide bonds. The van der Waals surface area contributed by atoms with Crippen molar-refractivity contribution in [3.05, 3.63) is 64.1 Å². The number of aryl methyl sites for hydroxylation is 1. The molecule has 1 aromatic carbocycles. The highest BCUT2D eigenvalue weighted by Gasteiger charge is 2.27. The van der Waals surface area contributed by atoms with Gasteiger partial charge in [0, 0.05) is 23.9 Å². The van der Waals surface area contributed by atoms with Gasteiger partial charge in [-0.05, 0) is 43.2 Å². The normalized spacial score (nSPS) is 14.8. The maximum atomic E-state index is 12.4. The predicted octanol–water partition coefficient (Wildman–Crippen LogP) is 3.93. The van der Waals surface area contributed by atoms with E-state index >= 15 is 0 Å². The SMILES string of the molecule is CC(Sc1nnc(Cc2cccs2)n1CCc1ccccc1)C(=O)NC1CC1. The smallest absolute Gasteiger partial charge is 0.233 e. The summed E-state index contributed by atoms with van der Waals surface area (Å²) in [7, 11) is 0. The molecule has 1 saturated carbocycles. The number of carbonyl (C=O) groups is 1. The third-order valence-electron chi connectivity index (χ3n) is 4.75. The van der Waals surface area contributed by atoms with Gasteiger partial charge in [-0.25, -0.2) is 0 Å². The van der Waals surface area contributed by atoms with E-state index in [4.69, 9.17) is 0 Å². The van der Waals surface area contributed by atoms with Crippen LogP contribution in [-0.4, -0.2) is 32.0 Å². The molecule has 4 rings (SSSR count). The molecule has 1 aliphatic rings. The number of rotatable bonds is 9. The van der Waals surface area contributed by atoms with Crippen LogP contribution in [0.1, 0.15) is 36.0 Å². The number of benzene rings is 1. The quantitative estimate of drug-likeness (QED) is 0.541. The molecule has 1 atom stereocenters. The summed E-state index contributed by atoms with van der Waals surface area (Å²) < 4.78 is 2.18. The summed E-state index contributed by atoms with van der Waals surface area (Å²) in [6, 6.07) is 15.0. The summed E-state index contributed by atoms with van der Waals surface area (Å²) in [5.74, 6) is 1.04. The van der Waals surface area contributed by atoms with Crippen LogP contribution in [0.2, 0.25) is 0 Å². The first-order valence-corrected chi connectivity index (χ1v) is 11.4. The Morgan fingerprint density at radius 3 is 2.79 bits per heavy atom. The first-order chi connectivity index (χ1) is 13.7. The maximum Gasteiger partial charge on any atom is 0.233 e. The van der Waals surface area contributed by atoms with E-state index in [-0.39, 0.29) is 11.2 Å². The largest absolute Gasteiger partial charge is 0.352 e. The summed E-state index contributed by atoms with van der Waals surface area (Å²) in [4.78, 5) is 13.6. The molecule has 2 heterocycles. The molecule has 1 N–H and O–H groups in total. The minimum Gasteiger partial charge on any atom is -0.352 e. The van der Waals surface area contributed by atoms with E-state index < -0.39 is 0 Å². The zero-order valence-corrected chi connectivity index (χ0v) is 17.5. The molecule has 1 unspecified atom stereocenters. The molecule has 146 valence electrons. The van der Waals surface area contributed by atoms with E-state index in [1.165, 1.54) is 22.2 Å². The number of nitrogens with zero attached hydrogens (tertiary/aromatic N) is 3. The molecule has 0 saturated heterocycles. The monoisotopic (exact) mass is 412 g/mol. The second-order valence-electron chi connectivity index (χ2n) is 7.09. The van der Waals surface area contributed by atoms with E-state index in [0.29, 0.717) is 6.04 Å². The molecule has 0 radical (unpaired) electrons. The van der Waals surface area contributed by atoms with Crippen LogP contribution in [0.3, 0.4) is 0 Å². The first kappa shape index (κ1) is 19.2. The molecule has 28 heavy (non-hydrogen) atoms. The molecule has 7 heteroatoms. The topological polar surface area (TPSA) is 59.8 Å².